The van der Waals surface area contributed by atoms with Gasteiger partial charge in [0.2, 0.25) is 0 Å². The van der Waals surface area contributed by atoms with E-state index in [1.807, 2.05) is 0 Å². The quantitative estimate of drug-likeness (QED) is 0.413. The zero-order valence-electron chi connectivity index (χ0n) is 5.23. The van der Waals surface area contributed by atoms with E-state index < -0.39 is 19.8 Å². The average Bonchev–Trinajstić information content (AvgIpc) is 2.38. The number of halogens is 1. The van der Waals surface area contributed by atoms with Gasteiger partial charge in [0.15, 0.2) is 0 Å². The van der Waals surface area contributed by atoms with Crippen LogP contribution in [0.4, 0.5) is 0 Å². The van der Waals surface area contributed by atoms with Crippen molar-refractivity contribution in [3.8, 4) is 0 Å². The third-order valence-corrected chi connectivity index (χ3v) is 9.61. The first kappa shape index (κ1) is 5.96. The molecule has 2 aliphatic rings. The molecule has 2 unspecified atom stereocenters. The predicted octanol–water partition coefficient (Wildman–Crippen LogP) is 1.27. The minimum absolute atomic E-state index is 0.571. The Kier molecular flexibility index (Phi) is 1.22. The van der Waals surface area contributed by atoms with E-state index in [9.17, 15) is 0 Å². The molecular weight excluding hydrogens is 225 g/mol. The van der Waals surface area contributed by atoms with Crippen LogP contribution >= 0.6 is 19.8 Å². The Hall–Kier alpha value is 0.210. The molecule has 2 heteroatoms. The van der Waals surface area contributed by atoms with Gasteiger partial charge in [-0.2, -0.15) is 0 Å². The standard InChI is InChI=1S/C7H10IN/c1-2-5-3-6-7(4-9)8(5)6/h6-7H,1,3-4,9H2. The normalized spacial score (nSPS) is 41.0. The van der Waals surface area contributed by atoms with Gasteiger partial charge in [0, 0.05) is 0 Å². The molecule has 50 valence electrons. The average molecular weight is 235 g/mol. The molecular formula is C7H10IN. The predicted molar refractivity (Wildman–Crippen MR) is 47.9 cm³/mol. The van der Waals surface area contributed by atoms with Gasteiger partial charge in [0.25, 0.3) is 0 Å². The number of alkyl halides is 2. The zero-order valence-corrected chi connectivity index (χ0v) is 7.39. The second-order valence-corrected chi connectivity index (χ2v) is 8.86. The van der Waals surface area contributed by atoms with Gasteiger partial charge >= 0.3 is 62.3 Å². The van der Waals surface area contributed by atoms with Crippen LogP contribution in [0.2, 0.25) is 0 Å². The Morgan fingerprint density at radius 2 is 2.67 bits per heavy atom. The molecule has 0 aliphatic carbocycles. The molecule has 2 fully saturated rings. The zero-order chi connectivity index (χ0) is 6.43. The molecule has 1 nitrogen and oxygen atoms in total. The van der Waals surface area contributed by atoms with Gasteiger partial charge in [-0.1, -0.05) is 0 Å². The molecule has 2 atom stereocenters. The van der Waals surface area contributed by atoms with Crippen molar-refractivity contribution in [1.82, 2.24) is 0 Å². The fourth-order valence-corrected chi connectivity index (χ4v) is 8.47. The Bertz CT molecular complexity index is 193. The molecule has 0 saturated carbocycles. The van der Waals surface area contributed by atoms with Crippen LogP contribution in [0.5, 0.6) is 0 Å². The molecule has 0 spiro atoms. The molecule has 2 heterocycles. The van der Waals surface area contributed by atoms with Crippen molar-refractivity contribution in [2.75, 3.05) is 6.54 Å². The summed E-state index contributed by atoms with van der Waals surface area (Å²) in [7, 11) is 0. The van der Waals surface area contributed by atoms with Crippen molar-refractivity contribution in [2.24, 2.45) is 5.73 Å². The van der Waals surface area contributed by atoms with Crippen LogP contribution in [-0.2, 0) is 0 Å². The van der Waals surface area contributed by atoms with Gasteiger partial charge in [0.05, 0.1) is 0 Å². The van der Waals surface area contributed by atoms with Crippen molar-refractivity contribution in [3.05, 3.63) is 15.9 Å². The Morgan fingerprint density at radius 3 is 3.00 bits per heavy atom. The van der Waals surface area contributed by atoms with E-state index in [4.69, 9.17) is 5.73 Å². The maximum atomic E-state index is 5.55. The minimum atomic E-state index is -0.571. The van der Waals surface area contributed by atoms with Crippen LogP contribution in [0.25, 0.3) is 0 Å². The first-order valence-corrected chi connectivity index (χ1v) is 6.71. The summed E-state index contributed by atoms with van der Waals surface area (Å²) < 4.78 is 3.63. The van der Waals surface area contributed by atoms with Gasteiger partial charge in [-0.05, 0) is 0 Å². The molecule has 0 amide bonds. The number of fused-ring (bicyclic) bond motifs is 1. The van der Waals surface area contributed by atoms with E-state index in [2.05, 4.69) is 12.3 Å². The van der Waals surface area contributed by atoms with Crippen LogP contribution < -0.4 is 5.73 Å². The maximum absolute atomic E-state index is 5.55. The molecule has 2 saturated heterocycles. The summed E-state index contributed by atoms with van der Waals surface area (Å²) in [6.45, 7) is 4.60. The van der Waals surface area contributed by atoms with Gasteiger partial charge in [-0.25, -0.2) is 0 Å². The number of hydrogen-bond acceptors (Lipinski definition) is 1. The number of hydrogen-bond donors (Lipinski definition) is 1. The van der Waals surface area contributed by atoms with E-state index in [0.717, 1.165) is 14.4 Å². The monoisotopic (exact) mass is 235 g/mol. The van der Waals surface area contributed by atoms with Gasteiger partial charge in [-0.3, -0.25) is 0 Å². The topological polar surface area (TPSA) is 26.0 Å². The first-order chi connectivity index (χ1) is 4.38. The van der Waals surface area contributed by atoms with Crippen LogP contribution in [0, 0.1) is 0 Å². The molecule has 9 heavy (non-hydrogen) atoms. The molecule has 0 aromatic carbocycles. The third-order valence-electron chi connectivity index (χ3n) is 1.98. The fourth-order valence-electron chi connectivity index (χ4n) is 1.39. The number of allylic oxidation sites excluding steroid dienone is 1. The number of nitrogens with two attached hydrogens (primary N) is 1. The molecule has 2 aliphatic heterocycles. The molecule has 2 rings (SSSR count). The summed E-state index contributed by atoms with van der Waals surface area (Å²) >= 11 is -0.571. The SMILES string of the molecule is C=C=C1CC2C(CN)I12. The van der Waals surface area contributed by atoms with Crippen molar-refractivity contribution < 1.29 is 0 Å². The summed E-state index contributed by atoms with van der Waals surface area (Å²) in [5.74, 6) is 0. The van der Waals surface area contributed by atoms with Crippen molar-refractivity contribution in [2.45, 2.75) is 14.3 Å². The summed E-state index contributed by atoms with van der Waals surface area (Å²) in [6.07, 6.45) is 1.30. The summed E-state index contributed by atoms with van der Waals surface area (Å²) in [6, 6.07) is 0. The first-order valence-electron chi connectivity index (χ1n) is 3.14. The van der Waals surface area contributed by atoms with E-state index >= 15 is 0 Å². The summed E-state index contributed by atoms with van der Waals surface area (Å²) in [5.41, 5.74) is 8.59. The molecule has 0 aromatic rings. The summed E-state index contributed by atoms with van der Waals surface area (Å²) in [5, 5.41) is 0. The van der Waals surface area contributed by atoms with Crippen LogP contribution in [0.15, 0.2) is 15.9 Å². The van der Waals surface area contributed by atoms with E-state index in [0.29, 0.717) is 0 Å². The van der Waals surface area contributed by atoms with Gasteiger partial charge < -0.3 is 0 Å². The number of rotatable bonds is 1. The molecule has 0 aromatic heterocycles. The van der Waals surface area contributed by atoms with Crippen LogP contribution in [-0.4, -0.2) is 14.4 Å². The van der Waals surface area contributed by atoms with Crippen molar-refractivity contribution in [3.63, 3.8) is 0 Å². The van der Waals surface area contributed by atoms with Crippen LogP contribution in [0.1, 0.15) is 6.42 Å². The van der Waals surface area contributed by atoms with E-state index in [1.54, 1.807) is 3.58 Å². The van der Waals surface area contributed by atoms with Crippen molar-refractivity contribution in [1.29, 1.82) is 0 Å². The van der Waals surface area contributed by atoms with E-state index in [1.165, 1.54) is 6.42 Å². The Labute approximate surface area is 62.4 Å². The van der Waals surface area contributed by atoms with Gasteiger partial charge in [-0.15, -0.1) is 0 Å². The second kappa shape index (κ2) is 1.84. The summed E-state index contributed by atoms with van der Waals surface area (Å²) in [4.78, 5) is 0. The molecule has 0 radical (unpaired) electrons. The fraction of sp³-hybridized carbons (Fsp3) is 0.571. The van der Waals surface area contributed by atoms with E-state index in [-0.39, 0.29) is 0 Å². The Morgan fingerprint density at radius 1 is 1.89 bits per heavy atom. The third kappa shape index (κ3) is 0.642. The Balaban J connectivity index is 2.09. The molecule has 2 N–H and O–H groups in total. The van der Waals surface area contributed by atoms with Crippen molar-refractivity contribution >= 4 is 19.8 Å². The second-order valence-electron chi connectivity index (χ2n) is 2.40. The van der Waals surface area contributed by atoms with Crippen LogP contribution in [0.3, 0.4) is 0 Å². The molecule has 0 bridgehead atoms. The van der Waals surface area contributed by atoms with Gasteiger partial charge in [0.1, 0.15) is 0 Å².